The van der Waals surface area contributed by atoms with Gasteiger partial charge in [-0.3, -0.25) is 14.9 Å². The molecule has 0 bridgehead atoms. The number of carbonyl (C=O) groups is 3. The Balaban J connectivity index is 2.07. The molecule has 1 atom stereocenters. The van der Waals surface area contributed by atoms with E-state index in [-0.39, 0.29) is 5.56 Å². The van der Waals surface area contributed by atoms with Gasteiger partial charge in [0.05, 0.1) is 5.97 Å². The topological polar surface area (TPSA) is 98.3 Å². The minimum atomic E-state index is -1.26. The predicted octanol–water partition coefficient (Wildman–Crippen LogP) is -0.229. The van der Waals surface area contributed by atoms with Crippen LogP contribution >= 0.6 is 11.8 Å². The molecule has 7 heteroatoms. The minimum absolute atomic E-state index is 0.0511. The third-order valence-electron chi connectivity index (χ3n) is 2.11. The molecule has 17 heavy (non-hydrogen) atoms. The number of nitrogens with one attached hydrogen (secondary N) is 2. The lowest BCUT2D eigenvalue weighted by molar-refractivity contribution is -0.255. The quantitative estimate of drug-likeness (QED) is 0.770. The fraction of sp³-hybridized carbons (Fsp3) is 0.100. The molecule has 1 aliphatic heterocycles. The van der Waals surface area contributed by atoms with Gasteiger partial charge < -0.3 is 15.2 Å². The summed E-state index contributed by atoms with van der Waals surface area (Å²) in [6.07, 6.45) is 0. The average molecular weight is 251 g/mol. The second-order valence-corrected chi connectivity index (χ2v) is 4.36. The molecule has 2 rings (SSSR count). The molecule has 6 nitrogen and oxygen atoms in total. The van der Waals surface area contributed by atoms with Crippen molar-refractivity contribution >= 4 is 34.6 Å². The molecule has 2 amide bonds. The number of rotatable bonds is 3. The number of aromatic carboxylic acids is 1. The van der Waals surface area contributed by atoms with Gasteiger partial charge >= 0.3 is 0 Å². The van der Waals surface area contributed by atoms with Gasteiger partial charge in [-0.05, 0) is 29.5 Å². The number of carboxylic acid groups (broad SMARTS) is 1. The van der Waals surface area contributed by atoms with Crippen LogP contribution in [-0.2, 0) is 4.79 Å². The summed E-state index contributed by atoms with van der Waals surface area (Å²) in [6.45, 7) is 0. The number of amides is 2. The highest BCUT2D eigenvalue weighted by Crippen LogP contribution is 2.21. The van der Waals surface area contributed by atoms with E-state index in [2.05, 4.69) is 10.6 Å². The third kappa shape index (κ3) is 2.56. The molecule has 0 aromatic heterocycles. The Morgan fingerprint density at radius 3 is 2.41 bits per heavy atom. The van der Waals surface area contributed by atoms with E-state index in [4.69, 9.17) is 0 Å². The van der Waals surface area contributed by atoms with Crippen LogP contribution in [0.4, 0.5) is 10.5 Å². The van der Waals surface area contributed by atoms with Crippen molar-refractivity contribution in [1.29, 1.82) is 0 Å². The first-order chi connectivity index (χ1) is 8.06. The summed E-state index contributed by atoms with van der Waals surface area (Å²) >= 11 is 0.840. The number of anilines is 1. The van der Waals surface area contributed by atoms with Crippen LogP contribution in [0.1, 0.15) is 10.4 Å². The van der Waals surface area contributed by atoms with Crippen molar-refractivity contribution in [2.75, 3.05) is 5.32 Å². The summed E-state index contributed by atoms with van der Waals surface area (Å²) in [4.78, 5) is 32.7. The molecule has 1 aromatic rings. The van der Waals surface area contributed by atoms with Gasteiger partial charge in [-0.25, -0.2) is 0 Å². The maximum absolute atomic E-state index is 11.2. The first kappa shape index (κ1) is 11.5. The Kier molecular flexibility index (Phi) is 3.01. The van der Waals surface area contributed by atoms with E-state index in [9.17, 15) is 19.5 Å². The van der Waals surface area contributed by atoms with Gasteiger partial charge in [0, 0.05) is 5.69 Å². The van der Waals surface area contributed by atoms with Gasteiger partial charge in [0.15, 0.2) is 5.37 Å². The summed E-state index contributed by atoms with van der Waals surface area (Å²) in [5.41, 5.74) is 0.604. The van der Waals surface area contributed by atoms with Gasteiger partial charge in [-0.2, -0.15) is 0 Å². The highest BCUT2D eigenvalue weighted by molar-refractivity contribution is 8.15. The van der Waals surface area contributed by atoms with Gasteiger partial charge in [0.25, 0.3) is 11.1 Å². The molecule has 1 aromatic carbocycles. The zero-order valence-electron chi connectivity index (χ0n) is 8.43. The molecule has 88 valence electrons. The van der Waals surface area contributed by atoms with E-state index >= 15 is 0 Å². The number of imide groups is 1. The van der Waals surface area contributed by atoms with Gasteiger partial charge in [-0.1, -0.05) is 12.1 Å². The Morgan fingerprint density at radius 1 is 1.29 bits per heavy atom. The number of hydrogen-bond acceptors (Lipinski definition) is 6. The number of benzene rings is 1. The summed E-state index contributed by atoms with van der Waals surface area (Å²) in [5.74, 6) is -1.68. The monoisotopic (exact) mass is 251 g/mol. The highest BCUT2D eigenvalue weighted by Gasteiger charge is 2.31. The molecule has 1 fully saturated rings. The third-order valence-corrected chi connectivity index (χ3v) is 2.99. The van der Waals surface area contributed by atoms with Crippen LogP contribution in [0.3, 0.4) is 0 Å². The minimum Gasteiger partial charge on any atom is -0.545 e. The lowest BCUT2D eigenvalue weighted by Crippen LogP contribution is -2.29. The maximum atomic E-state index is 11.2. The zero-order chi connectivity index (χ0) is 12.4. The van der Waals surface area contributed by atoms with Crippen LogP contribution in [0, 0.1) is 0 Å². The molecule has 0 aliphatic carbocycles. The standard InChI is InChI=1S/C10H8N2O4S/c13-7-8(17-10(16)12-7)11-6-3-1-5(2-4-6)9(14)15/h1-4,8,11H,(H,14,15)(H,12,13,16)/p-1/t8-/m0/s1. The van der Waals surface area contributed by atoms with Crippen molar-refractivity contribution in [1.82, 2.24) is 5.32 Å². The first-order valence-electron chi connectivity index (χ1n) is 4.66. The highest BCUT2D eigenvalue weighted by atomic mass is 32.2. The van der Waals surface area contributed by atoms with E-state index in [0.29, 0.717) is 5.69 Å². The molecule has 0 saturated carbocycles. The van der Waals surface area contributed by atoms with Crippen LogP contribution in [0.15, 0.2) is 24.3 Å². The normalized spacial score (nSPS) is 18.9. The van der Waals surface area contributed by atoms with Crippen LogP contribution in [0.5, 0.6) is 0 Å². The zero-order valence-corrected chi connectivity index (χ0v) is 9.24. The molecule has 1 heterocycles. The van der Waals surface area contributed by atoms with E-state index < -0.39 is 22.5 Å². The second-order valence-electron chi connectivity index (χ2n) is 3.28. The van der Waals surface area contributed by atoms with Crippen LogP contribution < -0.4 is 15.7 Å². The molecule has 2 N–H and O–H groups in total. The Bertz CT molecular complexity index is 486. The van der Waals surface area contributed by atoms with Gasteiger partial charge in [-0.15, -0.1) is 0 Å². The number of carbonyl (C=O) groups excluding carboxylic acids is 3. The van der Waals surface area contributed by atoms with Crippen molar-refractivity contribution in [2.24, 2.45) is 0 Å². The molecule has 1 saturated heterocycles. The van der Waals surface area contributed by atoms with E-state index in [1.165, 1.54) is 24.3 Å². The second kappa shape index (κ2) is 4.46. The van der Waals surface area contributed by atoms with E-state index in [0.717, 1.165) is 11.8 Å². The van der Waals surface area contributed by atoms with Crippen molar-refractivity contribution in [3.05, 3.63) is 29.8 Å². The van der Waals surface area contributed by atoms with Gasteiger partial charge in [0.1, 0.15) is 0 Å². The molecular weight excluding hydrogens is 244 g/mol. The first-order valence-corrected chi connectivity index (χ1v) is 5.53. The number of thioether (sulfide) groups is 1. The van der Waals surface area contributed by atoms with Crippen LogP contribution in [0.2, 0.25) is 0 Å². The summed E-state index contributed by atoms with van der Waals surface area (Å²) < 4.78 is 0. The lowest BCUT2D eigenvalue weighted by Gasteiger charge is -2.10. The van der Waals surface area contributed by atoms with E-state index in [1.54, 1.807) is 0 Å². The fourth-order valence-corrected chi connectivity index (χ4v) is 2.04. The molecule has 1 aliphatic rings. The largest absolute Gasteiger partial charge is 0.545 e. The van der Waals surface area contributed by atoms with Crippen molar-refractivity contribution in [3.63, 3.8) is 0 Å². The average Bonchev–Trinajstić information content (AvgIpc) is 2.58. The van der Waals surface area contributed by atoms with Crippen molar-refractivity contribution in [2.45, 2.75) is 5.37 Å². The summed E-state index contributed by atoms with van der Waals surface area (Å²) in [7, 11) is 0. The Hall–Kier alpha value is -2.02. The Morgan fingerprint density at radius 2 is 1.94 bits per heavy atom. The number of carboxylic acids is 1. The van der Waals surface area contributed by atoms with Gasteiger partial charge in [0.2, 0.25) is 0 Å². The maximum Gasteiger partial charge on any atom is 0.288 e. The fourth-order valence-electron chi connectivity index (χ4n) is 1.31. The molecular formula is C10H7N2O4S-. The van der Waals surface area contributed by atoms with Crippen LogP contribution in [0.25, 0.3) is 0 Å². The Labute approximate surface area is 100 Å². The number of hydrogen-bond donors (Lipinski definition) is 2. The van der Waals surface area contributed by atoms with Crippen LogP contribution in [-0.4, -0.2) is 22.5 Å². The molecule has 0 spiro atoms. The van der Waals surface area contributed by atoms with Crippen molar-refractivity contribution < 1.29 is 19.5 Å². The SMILES string of the molecule is O=C1NC(=O)[C@@H](Nc2ccc(C(=O)[O-])cc2)S1. The molecule has 0 unspecified atom stereocenters. The van der Waals surface area contributed by atoms with E-state index in [1.807, 2.05) is 0 Å². The summed E-state index contributed by atoms with van der Waals surface area (Å²) in [6, 6.07) is 5.72. The van der Waals surface area contributed by atoms with Crippen molar-refractivity contribution in [3.8, 4) is 0 Å². The predicted molar refractivity (Wildman–Crippen MR) is 59.3 cm³/mol. The summed E-state index contributed by atoms with van der Waals surface area (Å²) in [5, 5.41) is 14.4. The molecule has 0 radical (unpaired) electrons. The lowest BCUT2D eigenvalue weighted by atomic mass is 10.2. The smallest absolute Gasteiger partial charge is 0.288 e.